The highest BCUT2D eigenvalue weighted by Gasteiger charge is 2.12. The number of aromatic nitrogens is 2. The van der Waals surface area contributed by atoms with Crippen LogP contribution in [0.15, 0.2) is 73.1 Å². The van der Waals surface area contributed by atoms with Gasteiger partial charge in [-0.3, -0.25) is 0 Å². The van der Waals surface area contributed by atoms with Gasteiger partial charge in [0, 0.05) is 28.4 Å². The summed E-state index contributed by atoms with van der Waals surface area (Å²) >= 11 is 0. The zero-order valence-electron chi connectivity index (χ0n) is 13.3. The van der Waals surface area contributed by atoms with Crippen molar-refractivity contribution in [2.45, 2.75) is 0 Å². The number of aromatic amines is 1. The molecule has 4 rings (SSSR count). The largest absolute Gasteiger partial charge is 0.496 e. The average Bonchev–Trinajstić information content (AvgIpc) is 3.05. The van der Waals surface area contributed by atoms with Crippen LogP contribution in [0.25, 0.3) is 22.2 Å². The van der Waals surface area contributed by atoms with Crippen LogP contribution in [0, 0.1) is 0 Å². The highest BCUT2D eigenvalue weighted by atomic mass is 16.5. The van der Waals surface area contributed by atoms with Crippen molar-refractivity contribution in [3.05, 3.63) is 73.1 Å². The molecule has 2 aromatic heterocycles. The highest BCUT2D eigenvalue weighted by Crippen LogP contribution is 2.35. The van der Waals surface area contributed by atoms with Crippen LogP contribution in [0.5, 0.6) is 5.75 Å². The smallest absolute Gasteiger partial charge is 0.138 e. The van der Waals surface area contributed by atoms with Crippen LogP contribution >= 0.6 is 0 Å². The molecular formula is C20H17N3O. The standard InChI is InChI=1S/C20H17N3O/c1-24-19-10-6-5-9-16(19)18-13-22-20-17(18)11-15(12-21-20)23-14-7-3-2-4-8-14/h2-13,23H,1H3,(H,21,22). The molecule has 2 N–H and O–H groups in total. The highest BCUT2D eigenvalue weighted by molar-refractivity contribution is 5.96. The number of rotatable bonds is 4. The van der Waals surface area contributed by atoms with E-state index in [0.717, 1.165) is 39.3 Å². The number of anilines is 2. The Kier molecular flexibility index (Phi) is 3.63. The Morgan fingerprint density at radius 3 is 2.54 bits per heavy atom. The van der Waals surface area contributed by atoms with Crippen LogP contribution < -0.4 is 10.1 Å². The van der Waals surface area contributed by atoms with Crippen LogP contribution in [-0.2, 0) is 0 Å². The fourth-order valence-corrected chi connectivity index (χ4v) is 2.85. The van der Waals surface area contributed by atoms with E-state index in [-0.39, 0.29) is 0 Å². The Morgan fingerprint density at radius 1 is 0.917 bits per heavy atom. The molecule has 4 aromatic rings. The Hall–Kier alpha value is -3.27. The lowest BCUT2D eigenvalue weighted by Crippen LogP contribution is -1.91. The maximum absolute atomic E-state index is 5.49. The molecule has 0 aliphatic rings. The van der Waals surface area contributed by atoms with E-state index in [1.165, 1.54) is 0 Å². The lowest BCUT2D eigenvalue weighted by molar-refractivity contribution is 0.416. The van der Waals surface area contributed by atoms with E-state index >= 15 is 0 Å². The van der Waals surface area contributed by atoms with Crippen molar-refractivity contribution in [1.29, 1.82) is 0 Å². The van der Waals surface area contributed by atoms with Gasteiger partial charge in [-0.05, 0) is 24.3 Å². The first kappa shape index (κ1) is 14.3. The average molecular weight is 315 g/mol. The Balaban J connectivity index is 1.79. The third kappa shape index (κ3) is 2.58. The zero-order valence-corrected chi connectivity index (χ0v) is 13.3. The molecule has 0 radical (unpaired) electrons. The van der Waals surface area contributed by atoms with Gasteiger partial charge in [0.25, 0.3) is 0 Å². The number of hydrogen-bond acceptors (Lipinski definition) is 3. The molecule has 0 aliphatic heterocycles. The first-order chi connectivity index (χ1) is 11.8. The third-order valence-corrected chi connectivity index (χ3v) is 3.99. The molecule has 24 heavy (non-hydrogen) atoms. The number of benzene rings is 2. The number of nitrogens with one attached hydrogen (secondary N) is 2. The second-order valence-corrected chi connectivity index (χ2v) is 5.51. The summed E-state index contributed by atoms with van der Waals surface area (Å²) in [7, 11) is 1.69. The second-order valence-electron chi connectivity index (χ2n) is 5.51. The van der Waals surface area contributed by atoms with Gasteiger partial charge in [0.05, 0.1) is 19.0 Å². The van der Waals surface area contributed by atoms with E-state index in [2.05, 4.69) is 27.4 Å². The molecule has 0 saturated carbocycles. The van der Waals surface area contributed by atoms with Crippen molar-refractivity contribution in [3.63, 3.8) is 0 Å². The molecule has 4 heteroatoms. The van der Waals surface area contributed by atoms with E-state index in [0.29, 0.717) is 0 Å². The number of ether oxygens (including phenoxy) is 1. The number of methoxy groups -OCH3 is 1. The summed E-state index contributed by atoms with van der Waals surface area (Å²) in [5.41, 5.74) is 4.96. The van der Waals surface area contributed by atoms with Crippen LogP contribution in [0.3, 0.4) is 0 Å². The van der Waals surface area contributed by atoms with E-state index in [1.807, 2.05) is 60.9 Å². The van der Waals surface area contributed by atoms with Gasteiger partial charge in [0.1, 0.15) is 11.4 Å². The van der Waals surface area contributed by atoms with Gasteiger partial charge in [-0.2, -0.15) is 0 Å². The van der Waals surface area contributed by atoms with Gasteiger partial charge in [-0.15, -0.1) is 0 Å². The molecule has 4 nitrogen and oxygen atoms in total. The van der Waals surface area contributed by atoms with Gasteiger partial charge >= 0.3 is 0 Å². The minimum absolute atomic E-state index is 0.847. The van der Waals surface area contributed by atoms with Crippen LogP contribution in [0.4, 0.5) is 11.4 Å². The minimum Gasteiger partial charge on any atom is -0.496 e. The maximum atomic E-state index is 5.49. The number of pyridine rings is 1. The topological polar surface area (TPSA) is 49.9 Å². The van der Waals surface area contributed by atoms with Gasteiger partial charge in [-0.1, -0.05) is 36.4 Å². The Labute approximate surface area is 140 Å². The molecule has 0 fully saturated rings. The molecule has 2 aromatic carbocycles. The van der Waals surface area contributed by atoms with Gasteiger partial charge < -0.3 is 15.0 Å². The molecule has 0 unspecified atom stereocenters. The van der Waals surface area contributed by atoms with Crippen molar-refractivity contribution in [2.75, 3.05) is 12.4 Å². The molecule has 0 bridgehead atoms. The van der Waals surface area contributed by atoms with Crippen molar-refractivity contribution in [2.24, 2.45) is 0 Å². The Morgan fingerprint density at radius 2 is 1.71 bits per heavy atom. The van der Waals surface area contributed by atoms with Crippen LogP contribution in [0.2, 0.25) is 0 Å². The third-order valence-electron chi connectivity index (χ3n) is 3.99. The second kappa shape index (κ2) is 6.08. The first-order valence-electron chi connectivity index (χ1n) is 7.78. The number of hydrogen-bond donors (Lipinski definition) is 2. The molecule has 2 heterocycles. The molecule has 0 atom stereocenters. The van der Waals surface area contributed by atoms with E-state index < -0.39 is 0 Å². The molecular weight excluding hydrogens is 298 g/mol. The van der Waals surface area contributed by atoms with Crippen molar-refractivity contribution < 1.29 is 4.74 Å². The molecule has 0 amide bonds. The molecule has 0 aliphatic carbocycles. The molecule has 0 spiro atoms. The Bertz CT molecular complexity index is 977. The van der Waals surface area contributed by atoms with E-state index in [1.54, 1.807) is 7.11 Å². The van der Waals surface area contributed by atoms with Gasteiger partial charge in [-0.25, -0.2) is 4.98 Å². The summed E-state index contributed by atoms with van der Waals surface area (Å²) in [6.45, 7) is 0. The summed E-state index contributed by atoms with van der Waals surface area (Å²) in [4.78, 5) is 7.75. The number of H-pyrrole nitrogens is 1. The monoisotopic (exact) mass is 315 g/mol. The predicted molar refractivity (Wildman–Crippen MR) is 97.8 cm³/mol. The fourth-order valence-electron chi connectivity index (χ4n) is 2.85. The van der Waals surface area contributed by atoms with Crippen LogP contribution in [-0.4, -0.2) is 17.1 Å². The van der Waals surface area contributed by atoms with E-state index in [9.17, 15) is 0 Å². The van der Waals surface area contributed by atoms with E-state index in [4.69, 9.17) is 4.74 Å². The normalized spacial score (nSPS) is 10.7. The summed E-state index contributed by atoms with van der Waals surface area (Å²) in [5.74, 6) is 0.847. The van der Waals surface area contributed by atoms with Gasteiger partial charge in [0.15, 0.2) is 0 Å². The summed E-state index contributed by atoms with van der Waals surface area (Å²) in [6, 6.07) is 20.2. The zero-order chi connectivity index (χ0) is 16.4. The summed E-state index contributed by atoms with van der Waals surface area (Å²) in [6.07, 6.45) is 3.81. The summed E-state index contributed by atoms with van der Waals surface area (Å²) < 4.78 is 5.49. The fraction of sp³-hybridized carbons (Fsp3) is 0.0500. The lowest BCUT2D eigenvalue weighted by atomic mass is 10.0. The number of nitrogens with zero attached hydrogens (tertiary/aromatic N) is 1. The number of fused-ring (bicyclic) bond motifs is 1. The molecule has 0 saturated heterocycles. The SMILES string of the molecule is COc1ccccc1-c1c[nH]c2ncc(Nc3ccccc3)cc12. The maximum Gasteiger partial charge on any atom is 0.138 e. The van der Waals surface area contributed by atoms with Gasteiger partial charge in [0.2, 0.25) is 0 Å². The summed E-state index contributed by atoms with van der Waals surface area (Å²) in [5, 5.41) is 4.44. The van der Waals surface area contributed by atoms with Crippen LogP contribution in [0.1, 0.15) is 0 Å². The number of para-hydroxylation sites is 2. The van der Waals surface area contributed by atoms with Crippen molar-refractivity contribution >= 4 is 22.4 Å². The lowest BCUT2D eigenvalue weighted by Gasteiger charge is -2.08. The van der Waals surface area contributed by atoms with Crippen molar-refractivity contribution in [1.82, 2.24) is 9.97 Å². The predicted octanol–water partition coefficient (Wildman–Crippen LogP) is 4.98. The quantitative estimate of drug-likeness (QED) is 0.558. The minimum atomic E-state index is 0.847. The van der Waals surface area contributed by atoms with Crippen molar-refractivity contribution in [3.8, 4) is 16.9 Å². The molecule has 118 valence electrons. The first-order valence-corrected chi connectivity index (χ1v) is 7.78.